The molecule has 1 aromatic carbocycles. The summed E-state index contributed by atoms with van der Waals surface area (Å²) in [5.41, 5.74) is 0. The maximum absolute atomic E-state index is 11.6. The quantitative estimate of drug-likeness (QED) is 0.715. The predicted octanol–water partition coefficient (Wildman–Crippen LogP) is 2.35. The number of ketones is 1. The number of aromatic nitrogens is 2. The highest BCUT2D eigenvalue weighted by atomic mass is 16.5. The summed E-state index contributed by atoms with van der Waals surface area (Å²) in [6.45, 7) is 2.23. The molecular formula is C14H16N2O3. The van der Waals surface area contributed by atoms with Gasteiger partial charge >= 0.3 is 0 Å². The van der Waals surface area contributed by atoms with E-state index in [9.17, 15) is 4.79 Å². The number of carbonyl (C=O) groups is 1. The molecule has 5 nitrogen and oxygen atoms in total. The average molecular weight is 260 g/mol. The Morgan fingerprint density at radius 1 is 1.26 bits per heavy atom. The Morgan fingerprint density at radius 3 is 2.74 bits per heavy atom. The van der Waals surface area contributed by atoms with Crippen molar-refractivity contribution in [2.45, 2.75) is 26.2 Å². The van der Waals surface area contributed by atoms with Gasteiger partial charge in [0.1, 0.15) is 11.5 Å². The predicted molar refractivity (Wildman–Crippen MR) is 68.9 cm³/mol. The van der Waals surface area contributed by atoms with Crippen molar-refractivity contribution in [2.75, 3.05) is 6.61 Å². The molecule has 0 unspecified atom stereocenters. The van der Waals surface area contributed by atoms with Crippen LogP contribution in [-0.4, -0.2) is 22.6 Å². The van der Waals surface area contributed by atoms with Crippen LogP contribution in [0.4, 0.5) is 0 Å². The monoisotopic (exact) mass is 260 g/mol. The lowest BCUT2D eigenvalue weighted by molar-refractivity contribution is -0.118. The van der Waals surface area contributed by atoms with Crippen molar-refractivity contribution >= 4 is 5.78 Å². The first-order valence-electron chi connectivity index (χ1n) is 6.22. The van der Waals surface area contributed by atoms with Gasteiger partial charge in [0, 0.05) is 13.3 Å². The van der Waals surface area contributed by atoms with Crippen LogP contribution in [0.3, 0.4) is 0 Å². The molecule has 1 aromatic heterocycles. The third kappa shape index (κ3) is 4.54. The van der Waals surface area contributed by atoms with Crippen LogP contribution in [0.5, 0.6) is 5.75 Å². The molecular weight excluding hydrogens is 244 g/mol. The van der Waals surface area contributed by atoms with Crippen molar-refractivity contribution in [3.63, 3.8) is 0 Å². The summed E-state index contributed by atoms with van der Waals surface area (Å²) < 4.78 is 10.7. The van der Waals surface area contributed by atoms with Gasteiger partial charge in [-0.2, -0.15) is 0 Å². The van der Waals surface area contributed by atoms with Gasteiger partial charge in [0.15, 0.2) is 0 Å². The standard InChI is InChI=1S/C14H16N2O3/c1-11-15-16-14(19-11)10-12(17)6-5-9-18-13-7-3-2-4-8-13/h2-4,7-8H,5-6,9-10H2,1H3. The highest BCUT2D eigenvalue weighted by Gasteiger charge is 2.09. The molecule has 5 heteroatoms. The second-order valence-electron chi connectivity index (χ2n) is 4.20. The third-order valence-corrected chi connectivity index (χ3v) is 2.53. The number of rotatable bonds is 7. The first-order valence-corrected chi connectivity index (χ1v) is 6.22. The largest absolute Gasteiger partial charge is 0.494 e. The van der Waals surface area contributed by atoms with Crippen LogP contribution in [0.2, 0.25) is 0 Å². The third-order valence-electron chi connectivity index (χ3n) is 2.53. The van der Waals surface area contributed by atoms with Gasteiger partial charge in [-0.05, 0) is 18.6 Å². The molecule has 2 aromatic rings. The number of hydrogen-bond acceptors (Lipinski definition) is 5. The van der Waals surface area contributed by atoms with Gasteiger partial charge in [0.25, 0.3) is 0 Å². The van der Waals surface area contributed by atoms with Crippen LogP contribution in [0.25, 0.3) is 0 Å². The van der Waals surface area contributed by atoms with Gasteiger partial charge in [-0.15, -0.1) is 10.2 Å². The first kappa shape index (κ1) is 13.3. The van der Waals surface area contributed by atoms with E-state index in [-0.39, 0.29) is 12.2 Å². The number of para-hydroxylation sites is 1. The van der Waals surface area contributed by atoms with Gasteiger partial charge < -0.3 is 9.15 Å². The summed E-state index contributed by atoms with van der Waals surface area (Å²) in [7, 11) is 0. The normalized spacial score (nSPS) is 10.4. The van der Waals surface area contributed by atoms with E-state index >= 15 is 0 Å². The van der Waals surface area contributed by atoms with Gasteiger partial charge in [0.05, 0.1) is 13.0 Å². The summed E-state index contributed by atoms with van der Waals surface area (Å²) in [5.74, 6) is 1.77. The highest BCUT2D eigenvalue weighted by Crippen LogP contribution is 2.09. The van der Waals surface area contributed by atoms with Gasteiger partial charge in [-0.1, -0.05) is 18.2 Å². The van der Waals surface area contributed by atoms with E-state index in [0.29, 0.717) is 31.2 Å². The summed E-state index contributed by atoms with van der Waals surface area (Å²) in [6, 6.07) is 9.55. The fourth-order valence-corrected chi connectivity index (χ4v) is 1.64. The summed E-state index contributed by atoms with van der Waals surface area (Å²) in [4.78, 5) is 11.6. The van der Waals surface area contributed by atoms with Crippen molar-refractivity contribution in [1.29, 1.82) is 0 Å². The van der Waals surface area contributed by atoms with Gasteiger partial charge in [-0.25, -0.2) is 0 Å². The topological polar surface area (TPSA) is 65.2 Å². The van der Waals surface area contributed by atoms with Crippen LogP contribution in [-0.2, 0) is 11.2 Å². The van der Waals surface area contributed by atoms with Crippen molar-refractivity contribution < 1.29 is 13.9 Å². The van der Waals surface area contributed by atoms with Crippen LogP contribution < -0.4 is 4.74 Å². The molecule has 0 saturated carbocycles. The summed E-state index contributed by atoms with van der Waals surface area (Å²) >= 11 is 0. The van der Waals surface area contributed by atoms with Crippen molar-refractivity contribution in [2.24, 2.45) is 0 Å². The zero-order valence-electron chi connectivity index (χ0n) is 10.8. The Bertz CT molecular complexity index is 522. The molecule has 1 heterocycles. The number of hydrogen-bond donors (Lipinski definition) is 0. The summed E-state index contributed by atoms with van der Waals surface area (Å²) in [5, 5.41) is 7.48. The molecule has 0 atom stereocenters. The SMILES string of the molecule is Cc1nnc(CC(=O)CCCOc2ccccc2)o1. The smallest absolute Gasteiger partial charge is 0.223 e. The molecule has 0 spiro atoms. The number of aryl methyl sites for hydroxylation is 1. The minimum atomic E-state index is 0.0836. The Morgan fingerprint density at radius 2 is 2.05 bits per heavy atom. The Balaban J connectivity index is 1.64. The van der Waals surface area contributed by atoms with Crippen LogP contribution in [0.1, 0.15) is 24.6 Å². The minimum Gasteiger partial charge on any atom is -0.494 e. The van der Waals surface area contributed by atoms with Crippen molar-refractivity contribution in [3.8, 4) is 5.75 Å². The molecule has 0 aliphatic carbocycles. The second-order valence-corrected chi connectivity index (χ2v) is 4.20. The number of nitrogens with zero attached hydrogens (tertiary/aromatic N) is 2. The molecule has 0 aliphatic heterocycles. The van der Waals surface area contributed by atoms with E-state index in [1.54, 1.807) is 6.92 Å². The zero-order valence-corrected chi connectivity index (χ0v) is 10.8. The van der Waals surface area contributed by atoms with E-state index < -0.39 is 0 Å². The van der Waals surface area contributed by atoms with E-state index in [2.05, 4.69) is 10.2 Å². The minimum absolute atomic E-state index is 0.0836. The number of carbonyl (C=O) groups excluding carboxylic acids is 1. The van der Waals surface area contributed by atoms with Gasteiger partial charge in [0.2, 0.25) is 11.8 Å². The van der Waals surface area contributed by atoms with Crippen LogP contribution in [0, 0.1) is 6.92 Å². The zero-order chi connectivity index (χ0) is 13.5. The maximum atomic E-state index is 11.6. The second kappa shape index (κ2) is 6.68. The molecule has 0 fully saturated rings. The van der Waals surface area contributed by atoms with Crippen molar-refractivity contribution in [1.82, 2.24) is 10.2 Å². The highest BCUT2D eigenvalue weighted by molar-refractivity contribution is 5.79. The maximum Gasteiger partial charge on any atom is 0.223 e. The first-order chi connectivity index (χ1) is 9.24. The lowest BCUT2D eigenvalue weighted by atomic mass is 10.2. The Kier molecular flexibility index (Phi) is 4.66. The van der Waals surface area contributed by atoms with Crippen LogP contribution in [0.15, 0.2) is 34.7 Å². The fraction of sp³-hybridized carbons (Fsp3) is 0.357. The number of benzene rings is 1. The summed E-state index contributed by atoms with van der Waals surface area (Å²) in [6.07, 6.45) is 1.33. The number of ether oxygens (including phenoxy) is 1. The molecule has 2 rings (SSSR count). The molecule has 0 radical (unpaired) electrons. The molecule has 0 amide bonds. The van der Waals surface area contributed by atoms with E-state index in [0.717, 1.165) is 5.75 Å². The van der Waals surface area contributed by atoms with E-state index in [1.165, 1.54) is 0 Å². The molecule has 0 bridgehead atoms. The van der Waals surface area contributed by atoms with Gasteiger partial charge in [-0.3, -0.25) is 4.79 Å². The Labute approximate surface area is 111 Å². The molecule has 100 valence electrons. The van der Waals surface area contributed by atoms with E-state index in [4.69, 9.17) is 9.15 Å². The molecule has 0 aliphatic rings. The average Bonchev–Trinajstić information content (AvgIpc) is 2.81. The molecule has 19 heavy (non-hydrogen) atoms. The van der Waals surface area contributed by atoms with Crippen molar-refractivity contribution in [3.05, 3.63) is 42.1 Å². The molecule has 0 saturated heterocycles. The van der Waals surface area contributed by atoms with Crippen LogP contribution >= 0.6 is 0 Å². The lowest BCUT2D eigenvalue weighted by Crippen LogP contribution is -2.06. The van der Waals surface area contributed by atoms with E-state index in [1.807, 2.05) is 30.3 Å². The molecule has 0 N–H and O–H groups in total. The lowest BCUT2D eigenvalue weighted by Gasteiger charge is -2.04. The number of Topliss-reactive ketones (excluding diaryl/α,β-unsaturated/α-hetero) is 1. The fourth-order valence-electron chi connectivity index (χ4n) is 1.64. The Hall–Kier alpha value is -2.17.